The maximum atomic E-state index is 8.99. The molecule has 0 spiro atoms. The molecule has 5 nitrogen and oxygen atoms in total. The molecule has 1 aromatic carbocycles. The average Bonchev–Trinajstić information content (AvgIpc) is 2.85. The van der Waals surface area contributed by atoms with Gasteiger partial charge in [-0.15, -0.1) is 5.10 Å². The minimum Gasteiger partial charge on any atom is -0.476 e. The van der Waals surface area contributed by atoms with Gasteiger partial charge in [-0.25, -0.2) is 0 Å². The van der Waals surface area contributed by atoms with Crippen molar-refractivity contribution in [3.63, 3.8) is 0 Å². The summed E-state index contributed by atoms with van der Waals surface area (Å²) in [6.45, 7) is 1.86. The zero-order chi connectivity index (χ0) is 14.4. The van der Waals surface area contributed by atoms with Crippen LogP contribution >= 0.6 is 0 Å². The molecule has 0 saturated heterocycles. The molecule has 0 unspecified atom stereocenters. The smallest absolute Gasteiger partial charge is 0.240 e. The van der Waals surface area contributed by atoms with E-state index in [0.717, 1.165) is 36.7 Å². The van der Waals surface area contributed by atoms with Gasteiger partial charge in [-0.05, 0) is 45.0 Å². The summed E-state index contributed by atoms with van der Waals surface area (Å²) in [4.78, 5) is 2.14. The number of nitrogens with one attached hydrogen (secondary N) is 1. The molecule has 0 fully saturated rings. The third-order valence-corrected chi connectivity index (χ3v) is 3.24. The number of hydrogen-bond acceptors (Lipinski definition) is 4. The summed E-state index contributed by atoms with van der Waals surface area (Å²) in [6, 6.07) is 6.07. The number of aromatic amines is 1. The Balaban J connectivity index is 2.08. The molecule has 2 N–H and O–H groups in total. The van der Waals surface area contributed by atoms with E-state index < -0.39 is 0 Å². The summed E-state index contributed by atoms with van der Waals surface area (Å²) in [5.41, 5.74) is 2.16. The van der Waals surface area contributed by atoms with Crippen LogP contribution in [0.15, 0.2) is 18.2 Å². The lowest BCUT2D eigenvalue weighted by Gasteiger charge is -2.10. The Kier molecular flexibility index (Phi) is 5.38. The van der Waals surface area contributed by atoms with Crippen molar-refractivity contribution in [2.75, 3.05) is 33.9 Å². The van der Waals surface area contributed by atoms with Crippen molar-refractivity contribution >= 4 is 10.9 Å². The number of rotatable bonds is 8. The Morgan fingerprint density at radius 1 is 1.30 bits per heavy atom. The Bertz CT molecular complexity index is 537. The van der Waals surface area contributed by atoms with Gasteiger partial charge in [-0.1, -0.05) is 12.1 Å². The molecular weight excluding hydrogens is 254 g/mol. The first-order valence-corrected chi connectivity index (χ1v) is 7.06. The summed E-state index contributed by atoms with van der Waals surface area (Å²) >= 11 is 0. The minimum absolute atomic E-state index is 0.202. The van der Waals surface area contributed by atoms with Crippen LogP contribution in [0.25, 0.3) is 10.9 Å². The van der Waals surface area contributed by atoms with Gasteiger partial charge in [0.15, 0.2) is 0 Å². The Morgan fingerprint density at radius 2 is 2.15 bits per heavy atom. The average molecular weight is 277 g/mol. The van der Waals surface area contributed by atoms with E-state index in [1.54, 1.807) is 0 Å². The monoisotopic (exact) mass is 277 g/mol. The largest absolute Gasteiger partial charge is 0.476 e. The molecule has 1 heterocycles. The molecule has 0 bridgehead atoms. The maximum absolute atomic E-state index is 8.99. The maximum Gasteiger partial charge on any atom is 0.240 e. The number of nitrogens with zero attached hydrogens (tertiary/aromatic N) is 2. The number of aliphatic hydroxyl groups excluding tert-OH is 1. The molecule has 0 aliphatic carbocycles. The number of fused-ring (bicyclic) bond motifs is 1. The lowest BCUT2D eigenvalue weighted by atomic mass is 10.1. The number of aryl methyl sites for hydroxylation is 1. The van der Waals surface area contributed by atoms with Crippen molar-refractivity contribution in [2.45, 2.75) is 19.3 Å². The normalized spacial score (nSPS) is 11.4. The summed E-state index contributed by atoms with van der Waals surface area (Å²) in [6.07, 6.45) is 2.56. The first-order chi connectivity index (χ1) is 9.72. The van der Waals surface area contributed by atoms with Crippen LogP contribution in [-0.4, -0.2) is 54.1 Å². The second-order valence-corrected chi connectivity index (χ2v) is 5.20. The SMILES string of the molecule is CN(C)CCCOc1n[nH]c2cccc(CCCO)c12. The topological polar surface area (TPSA) is 61.4 Å². The van der Waals surface area contributed by atoms with Gasteiger partial charge in [-0.2, -0.15) is 0 Å². The molecule has 0 atom stereocenters. The molecule has 0 radical (unpaired) electrons. The summed E-state index contributed by atoms with van der Waals surface area (Å²) in [7, 11) is 4.11. The van der Waals surface area contributed by atoms with Crippen LogP contribution in [0.4, 0.5) is 0 Å². The second-order valence-electron chi connectivity index (χ2n) is 5.20. The quantitative estimate of drug-likeness (QED) is 0.723. The van der Waals surface area contributed by atoms with Gasteiger partial charge in [0.1, 0.15) is 0 Å². The van der Waals surface area contributed by atoms with Crippen LogP contribution in [0.1, 0.15) is 18.4 Å². The van der Waals surface area contributed by atoms with E-state index in [4.69, 9.17) is 9.84 Å². The lowest BCUT2D eigenvalue weighted by Crippen LogP contribution is -2.15. The third kappa shape index (κ3) is 3.71. The van der Waals surface area contributed by atoms with E-state index in [-0.39, 0.29) is 6.61 Å². The molecule has 5 heteroatoms. The molecule has 0 aliphatic heterocycles. The fourth-order valence-electron chi connectivity index (χ4n) is 2.24. The molecule has 0 aliphatic rings. The Morgan fingerprint density at radius 3 is 2.90 bits per heavy atom. The van der Waals surface area contributed by atoms with E-state index >= 15 is 0 Å². The number of benzene rings is 1. The number of aromatic nitrogens is 2. The van der Waals surface area contributed by atoms with Crippen LogP contribution in [-0.2, 0) is 6.42 Å². The number of aliphatic hydroxyl groups is 1. The van der Waals surface area contributed by atoms with E-state index in [2.05, 4.69) is 35.3 Å². The van der Waals surface area contributed by atoms with E-state index in [1.807, 2.05) is 12.1 Å². The highest BCUT2D eigenvalue weighted by Crippen LogP contribution is 2.27. The summed E-state index contributed by atoms with van der Waals surface area (Å²) in [5, 5.41) is 17.3. The van der Waals surface area contributed by atoms with Crippen LogP contribution in [0.2, 0.25) is 0 Å². The fourth-order valence-corrected chi connectivity index (χ4v) is 2.24. The van der Waals surface area contributed by atoms with Crippen LogP contribution in [0.3, 0.4) is 0 Å². The van der Waals surface area contributed by atoms with Crippen molar-refractivity contribution in [1.29, 1.82) is 0 Å². The van der Waals surface area contributed by atoms with Crippen molar-refractivity contribution < 1.29 is 9.84 Å². The molecule has 0 saturated carbocycles. The van der Waals surface area contributed by atoms with E-state index in [9.17, 15) is 0 Å². The Hall–Kier alpha value is -1.59. The number of hydrogen-bond donors (Lipinski definition) is 2. The van der Waals surface area contributed by atoms with E-state index in [0.29, 0.717) is 12.5 Å². The van der Waals surface area contributed by atoms with Gasteiger partial charge in [0.05, 0.1) is 17.5 Å². The van der Waals surface area contributed by atoms with Gasteiger partial charge in [0.2, 0.25) is 5.88 Å². The highest BCUT2D eigenvalue weighted by Gasteiger charge is 2.11. The number of ether oxygens (including phenoxy) is 1. The first-order valence-electron chi connectivity index (χ1n) is 7.06. The van der Waals surface area contributed by atoms with Gasteiger partial charge in [-0.3, -0.25) is 5.10 Å². The molecule has 20 heavy (non-hydrogen) atoms. The molecule has 2 rings (SSSR count). The third-order valence-electron chi connectivity index (χ3n) is 3.24. The second kappa shape index (κ2) is 7.26. The lowest BCUT2D eigenvalue weighted by molar-refractivity contribution is 0.275. The standard InChI is InChI=1S/C15H23N3O2/c1-18(2)9-5-11-20-15-14-12(7-4-10-19)6-3-8-13(14)16-17-15/h3,6,8,19H,4-5,7,9-11H2,1-2H3,(H,16,17). The van der Waals surface area contributed by atoms with Crippen LogP contribution in [0.5, 0.6) is 5.88 Å². The molecule has 1 aromatic heterocycles. The molecule has 2 aromatic rings. The zero-order valence-electron chi connectivity index (χ0n) is 12.2. The van der Waals surface area contributed by atoms with Crippen molar-refractivity contribution in [3.05, 3.63) is 23.8 Å². The number of H-pyrrole nitrogens is 1. The Labute approximate surface area is 119 Å². The van der Waals surface area contributed by atoms with Crippen LogP contribution in [0, 0.1) is 0 Å². The van der Waals surface area contributed by atoms with Crippen LogP contribution < -0.4 is 4.74 Å². The summed E-state index contributed by atoms with van der Waals surface area (Å²) in [5.74, 6) is 0.673. The van der Waals surface area contributed by atoms with Crippen molar-refractivity contribution in [2.24, 2.45) is 0 Å². The predicted molar refractivity (Wildman–Crippen MR) is 80.2 cm³/mol. The van der Waals surface area contributed by atoms with Gasteiger partial charge in [0.25, 0.3) is 0 Å². The molecule has 0 amide bonds. The molecule has 110 valence electrons. The van der Waals surface area contributed by atoms with Gasteiger partial charge in [0, 0.05) is 13.2 Å². The van der Waals surface area contributed by atoms with Crippen molar-refractivity contribution in [3.8, 4) is 5.88 Å². The van der Waals surface area contributed by atoms with Gasteiger partial charge >= 0.3 is 0 Å². The molecular formula is C15H23N3O2. The highest BCUT2D eigenvalue weighted by atomic mass is 16.5. The minimum atomic E-state index is 0.202. The zero-order valence-corrected chi connectivity index (χ0v) is 12.2. The first kappa shape index (κ1) is 14.8. The highest BCUT2D eigenvalue weighted by molar-refractivity contribution is 5.87. The van der Waals surface area contributed by atoms with Crippen molar-refractivity contribution in [1.82, 2.24) is 15.1 Å². The van der Waals surface area contributed by atoms with E-state index in [1.165, 1.54) is 5.56 Å². The predicted octanol–water partition coefficient (Wildman–Crippen LogP) is 1.82. The summed E-state index contributed by atoms with van der Waals surface area (Å²) < 4.78 is 5.80. The fraction of sp³-hybridized carbons (Fsp3) is 0.533. The van der Waals surface area contributed by atoms with Gasteiger partial charge < -0.3 is 14.7 Å².